The Labute approximate surface area is 104 Å². The quantitative estimate of drug-likeness (QED) is 0.744. The molecule has 0 atom stereocenters. The van der Waals surface area contributed by atoms with Crippen molar-refractivity contribution in [2.45, 2.75) is 13.8 Å². The Morgan fingerprint density at radius 3 is 1.94 bits per heavy atom. The van der Waals surface area contributed by atoms with E-state index in [1.807, 2.05) is 26.0 Å². The minimum absolute atomic E-state index is 0.808. The average Bonchev–Trinajstić information content (AvgIpc) is 2.34. The molecule has 1 aliphatic heterocycles. The fourth-order valence-electron chi connectivity index (χ4n) is 1.72. The zero-order chi connectivity index (χ0) is 12.0. The van der Waals surface area contributed by atoms with Crippen LogP contribution in [-0.2, 0) is 0 Å². The highest BCUT2D eigenvalue weighted by Crippen LogP contribution is 2.18. The van der Waals surface area contributed by atoms with Gasteiger partial charge in [-0.25, -0.2) is 0 Å². The fraction of sp³-hybridized carbons (Fsp3) is 0.538. The molecular formula is C13H21ClN2. The van der Waals surface area contributed by atoms with Crippen molar-refractivity contribution in [3.63, 3.8) is 0 Å². The molecule has 0 unspecified atom stereocenters. The first-order valence-corrected chi connectivity index (χ1v) is 6.32. The van der Waals surface area contributed by atoms with Crippen molar-refractivity contribution in [3.05, 3.63) is 29.3 Å². The lowest BCUT2D eigenvalue weighted by atomic mass is 10.2. The predicted octanol–water partition coefficient (Wildman–Crippen LogP) is 3.12. The van der Waals surface area contributed by atoms with Crippen LogP contribution in [0.5, 0.6) is 0 Å². The first-order valence-electron chi connectivity index (χ1n) is 5.95. The minimum atomic E-state index is 0.808. The largest absolute Gasteiger partial charge is 0.369 e. The molecule has 0 amide bonds. The van der Waals surface area contributed by atoms with Gasteiger partial charge in [0.1, 0.15) is 0 Å². The molecule has 1 aliphatic rings. The van der Waals surface area contributed by atoms with E-state index in [1.165, 1.54) is 5.69 Å². The lowest BCUT2D eigenvalue weighted by molar-refractivity contribution is 0.313. The predicted molar refractivity (Wildman–Crippen MR) is 72.5 cm³/mol. The molecule has 0 aliphatic carbocycles. The van der Waals surface area contributed by atoms with Gasteiger partial charge in [0.25, 0.3) is 0 Å². The molecule has 2 nitrogen and oxygen atoms in total. The lowest BCUT2D eigenvalue weighted by Crippen LogP contribution is -2.44. The molecule has 1 heterocycles. The zero-order valence-electron chi connectivity index (χ0n) is 10.4. The minimum Gasteiger partial charge on any atom is -0.369 e. The highest BCUT2D eigenvalue weighted by molar-refractivity contribution is 6.30. The van der Waals surface area contributed by atoms with Gasteiger partial charge in [-0.1, -0.05) is 25.4 Å². The van der Waals surface area contributed by atoms with E-state index in [-0.39, 0.29) is 0 Å². The second kappa shape index (κ2) is 6.77. The first-order chi connectivity index (χ1) is 7.75. The maximum atomic E-state index is 5.85. The average molecular weight is 241 g/mol. The molecule has 0 N–H and O–H groups in total. The number of piperazine rings is 1. The van der Waals surface area contributed by atoms with Crippen molar-refractivity contribution in [1.29, 1.82) is 0 Å². The standard InChI is InChI=1S/C11H15ClN2.C2H6/c1-13-6-8-14(9-7-13)11-4-2-10(12)3-5-11;1-2/h2-5H,6-9H2,1H3;1-2H3. The van der Waals surface area contributed by atoms with Crippen molar-refractivity contribution in [3.8, 4) is 0 Å². The summed E-state index contributed by atoms with van der Waals surface area (Å²) in [5.74, 6) is 0. The maximum absolute atomic E-state index is 5.85. The summed E-state index contributed by atoms with van der Waals surface area (Å²) >= 11 is 5.85. The van der Waals surface area contributed by atoms with Crippen molar-refractivity contribution in [2.24, 2.45) is 0 Å². The third-order valence-corrected chi connectivity index (χ3v) is 2.95. The van der Waals surface area contributed by atoms with E-state index >= 15 is 0 Å². The number of likely N-dealkylation sites (N-methyl/N-ethyl adjacent to an activating group) is 1. The van der Waals surface area contributed by atoms with Crippen molar-refractivity contribution < 1.29 is 0 Å². The summed E-state index contributed by atoms with van der Waals surface area (Å²) in [6.07, 6.45) is 0. The molecule has 0 spiro atoms. The van der Waals surface area contributed by atoms with E-state index in [0.29, 0.717) is 0 Å². The number of nitrogens with zero attached hydrogens (tertiary/aromatic N) is 2. The lowest BCUT2D eigenvalue weighted by Gasteiger charge is -2.34. The Kier molecular flexibility index (Phi) is 5.64. The summed E-state index contributed by atoms with van der Waals surface area (Å²) < 4.78 is 0. The molecule has 1 saturated heterocycles. The normalized spacial score (nSPS) is 16.6. The third-order valence-electron chi connectivity index (χ3n) is 2.70. The molecule has 3 heteroatoms. The van der Waals surface area contributed by atoms with Crippen molar-refractivity contribution in [2.75, 3.05) is 38.1 Å². The molecule has 16 heavy (non-hydrogen) atoms. The maximum Gasteiger partial charge on any atom is 0.0407 e. The summed E-state index contributed by atoms with van der Waals surface area (Å²) in [6.45, 7) is 8.50. The van der Waals surface area contributed by atoms with Gasteiger partial charge in [0.05, 0.1) is 0 Å². The Morgan fingerprint density at radius 2 is 1.44 bits per heavy atom. The molecule has 0 aromatic heterocycles. The molecule has 2 rings (SSSR count). The monoisotopic (exact) mass is 240 g/mol. The molecule has 1 fully saturated rings. The fourth-order valence-corrected chi connectivity index (χ4v) is 1.84. The molecule has 0 radical (unpaired) electrons. The van der Waals surface area contributed by atoms with Crippen LogP contribution in [-0.4, -0.2) is 38.1 Å². The second-order valence-corrected chi connectivity index (χ2v) is 4.20. The van der Waals surface area contributed by atoms with Gasteiger partial charge in [-0.2, -0.15) is 0 Å². The SMILES string of the molecule is CC.CN1CCN(c2ccc(Cl)cc2)CC1. The smallest absolute Gasteiger partial charge is 0.0407 e. The van der Waals surface area contributed by atoms with Crippen LogP contribution >= 0.6 is 11.6 Å². The summed E-state index contributed by atoms with van der Waals surface area (Å²) in [5, 5.41) is 0.808. The van der Waals surface area contributed by atoms with Crippen LogP contribution in [0.25, 0.3) is 0 Å². The van der Waals surface area contributed by atoms with Crippen LogP contribution in [0.3, 0.4) is 0 Å². The molecule has 0 bridgehead atoms. The summed E-state index contributed by atoms with van der Waals surface area (Å²) in [6, 6.07) is 8.09. The molecule has 0 saturated carbocycles. The van der Waals surface area contributed by atoms with Gasteiger partial charge in [-0.15, -0.1) is 0 Å². The summed E-state index contributed by atoms with van der Waals surface area (Å²) in [5.41, 5.74) is 1.28. The van der Waals surface area contributed by atoms with Crippen LogP contribution < -0.4 is 4.90 Å². The van der Waals surface area contributed by atoms with Crippen LogP contribution in [0.2, 0.25) is 5.02 Å². The summed E-state index contributed by atoms with van der Waals surface area (Å²) in [7, 11) is 2.17. The number of hydrogen-bond donors (Lipinski definition) is 0. The zero-order valence-corrected chi connectivity index (χ0v) is 11.2. The van der Waals surface area contributed by atoms with Crippen LogP contribution in [0, 0.1) is 0 Å². The Hall–Kier alpha value is -0.730. The van der Waals surface area contributed by atoms with Gasteiger partial charge in [0, 0.05) is 36.9 Å². The Balaban J connectivity index is 0.000000606. The highest BCUT2D eigenvalue weighted by Gasteiger charge is 2.13. The number of halogens is 1. The van der Waals surface area contributed by atoms with E-state index in [2.05, 4.69) is 29.0 Å². The van der Waals surface area contributed by atoms with E-state index in [9.17, 15) is 0 Å². The van der Waals surface area contributed by atoms with Gasteiger partial charge in [0.2, 0.25) is 0 Å². The van der Waals surface area contributed by atoms with E-state index < -0.39 is 0 Å². The van der Waals surface area contributed by atoms with E-state index in [0.717, 1.165) is 31.2 Å². The number of benzene rings is 1. The molecule has 1 aromatic carbocycles. The van der Waals surface area contributed by atoms with Crippen molar-refractivity contribution in [1.82, 2.24) is 4.90 Å². The van der Waals surface area contributed by atoms with Crippen LogP contribution in [0.4, 0.5) is 5.69 Å². The van der Waals surface area contributed by atoms with Gasteiger partial charge in [-0.3, -0.25) is 0 Å². The van der Waals surface area contributed by atoms with Gasteiger partial charge < -0.3 is 9.80 Å². The molecule has 1 aromatic rings. The van der Waals surface area contributed by atoms with Gasteiger partial charge in [0.15, 0.2) is 0 Å². The number of anilines is 1. The molecule has 90 valence electrons. The van der Waals surface area contributed by atoms with Crippen LogP contribution in [0.15, 0.2) is 24.3 Å². The van der Waals surface area contributed by atoms with Gasteiger partial charge in [-0.05, 0) is 31.3 Å². The Bertz CT molecular complexity index is 289. The molecular weight excluding hydrogens is 220 g/mol. The van der Waals surface area contributed by atoms with Crippen molar-refractivity contribution >= 4 is 17.3 Å². The summed E-state index contributed by atoms with van der Waals surface area (Å²) in [4.78, 5) is 4.75. The second-order valence-electron chi connectivity index (χ2n) is 3.77. The topological polar surface area (TPSA) is 6.48 Å². The first kappa shape index (κ1) is 13.3. The Morgan fingerprint density at radius 1 is 0.938 bits per heavy atom. The number of rotatable bonds is 1. The van der Waals surface area contributed by atoms with E-state index in [4.69, 9.17) is 11.6 Å². The van der Waals surface area contributed by atoms with Gasteiger partial charge >= 0.3 is 0 Å². The highest BCUT2D eigenvalue weighted by atomic mass is 35.5. The van der Waals surface area contributed by atoms with E-state index in [1.54, 1.807) is 0 Å². The van der Waals surface area contributed by atoms with Crippen LogP contribution in [0.1, 0.15) is 13.8 Å². The number of hydrogen-bond acceptors (Lipinski definition) is 2. The third kappa shape index (κ3) is 3.69.